The maximum atomic E-state index is 12.6. The summed E-state index contributed by atoms with van der Waals surface area (Å²) in [6, 6.07) is 5.78. The lowest BCUT2D eigenvalue weighted by molar-refractivity contribution is -0.116. The van der Waals surface area contributed by atoms with Crippen molar-refractivity contribution in [2.24, 2.45) is 14.1 Å². The molecule has 0 atom stereocenters. The van der Waals surface area contributed by atoms with Crippen LogP contribution in [0.4, 0.5) is 5.69 Å². The van der Waals surface area contributed by atoms with Crippen LogP contribution in [0, 0.1) is 0 Å². The van der Waals surface area contributed by atoms with Crippen LogP contribution in [0.1, 0.15) is 13.8 Å². The number of benzene rings is 1. The summed E-state index contributed by atoms with van der Waals surface area (Å²) in [6.07, 6.45) is 0. The molecule has 11 nitrogen and oxygen atoms in total. The highest BCUT2D eigenvalue weighted by molar-refractivity contribution is 7.89. The molecule has 0 bridgehead atoms. The Morgan fingerprint density at radius 1 is 1.09 bits per heavy atom. The number of nitrogens with one attached hydrogen (secondary N) is 1. The molecule has 2 aromatic heterocycles. The lowest BCUT2D eigenvalue weighted by Crippen LogP contribution is -2.37. The van der Waals surface area contributed by atoms with E-state index in [2.05, 4.69) is 10.3 Å². The molecule has 1 aromatic carbocycles. The van der Waals surface area contributed by atoms with Gasteiger partial charge in [0.05, 0.1) is 4.90 Å². The average molecular weight is 483 g/mol. The van der Waals surface area contributed by atoms with Crippen LogP contribution in [0.5, 0.6) is 0 Å². The molecule has 0 fully saturated rings. The van der Waals surface area contributed by atoms with Crippen molar-refractivity contribution >= 4 is 44.4 Å². The molecule has 0 aliphatic rings. The van der Waals surface area contributed by atoms with Gasteiger partial charge in [-0.3, -0.25) is 23.3 Å². The van der Waals surface area contributed by atoms with Gasteiger partial charge in [-0.05, 0) is 35.9 Å². The third-order valence-corrected chi connectivity index (χ3v) is 7.44. The number of hydrogen-bond donors (Lipinski definition) is 1. The molecular formula is C19H23ClN6O5S. The monoisotopic (exact) mass is 482 g/mol. The Hall–Kier alpha value is -2.96. The highest BCUT2D eigenvalue weighted by Crippen LogP contribution is 2.19. The molecule has 0 radical (unpaired) electrons. The zero-order chi connectivity index (χ0) is 23.8. The molecular weight excluding hydrogens is 460 g/mol. The number of nitrogens with zero attached hydrogens (tertiary/aromatic N) is 5. The molecule has 3 rings (SSSR count). The van der Waals surface area contributed by atoms with Gasteiger partial charge in [-0.15, -0.1) is 0 Å². The van der Waals surface area contributed by atoms with E-state index in [1.807, 2.05) is 0 Å². The van der Waals surface area contributed by atoms with Gasteiger partial charge in [0.15, 0.2) is 11.2 Å². The minimum Gasteiger partial charge on any atom is -0.325 e. The predicted molar refractivity (Wildman–Crippen MR) is 120 cm³/mol. The molecule has 0 saturated carbocycles. The van der Waals surface area contributed by atoms with Crippen LogP contribution in [0.25, 0.3) is 11.2 Å². The summed E-state index contributed by atoms with van der Waals surface area (Å²) in [5.41, 5.74) is -0.721. The van der Waals surface area contributed by atoms with Gasteiger partial charge in [-0.1, -0.05) is 13.8 Å². The van der Waals surface area contributed by atoms with Crippen molar-refractivity contribution in [3.63, 3.8) is 0 Å². The number of carbonyl (C=O) groups is 1. The van der Waals surface area contributed by atoms with Gasteiger partial charge in [-0.25, -0.2) is 13.2 Å². The van der Waals surface area contributed by atoms with Gasteiger partial charge in [0, 0.05) is 32.9 Å². The summed E-state index contributed by atoms with van der Waals surface area (Å²) in [4.78, 5) is 41.4. The number of imidazole rings is 1. The van der Waals surface area contributed by atoms with Crippen molar-refractivity contribution < 1.29 is 13.2 Å². The van der Waals surface area contributed by atoms with Crippen molar-refractivity contribution in [3.8, 4) is 0 Å². The summed E-state index contributed by atoms with van der Waals surface area (Å²) in [5, 5.41) is 2.52. The first-order valence-electron chi connectivity index (χ1n) is 9.74. The molecule has 0 aliphatic carbocycles. The number of halogens is 1. The van der Waals surface area contributed by atoms with Gasteiger partial charge >= 0.3 is 5.69 Å². The molecule has 0 spiro atoms. The van der Waals surface area contributed by atoms with Gasteiger partial charge in [0.1, 0.15) is 6.54 Å². The molecule has 13 heteroatoms. The van der Waals surface area contributed by atoms with Crippen LogP contribution in [0.3, 0.4) is 0 Å². The van der Waals surface area contributed by atoms with Crippen LogP contribution in [0.15, 0.2) is 38.8 Å². The smallest absolute Gasteiger partial charge is 0.325 e. The number of hydrogen-bond acceptors (Lipinski definition) is 6. The van der Waals surface area contributed by atoms with E-state index in [1.165, 1.54) is 51.8 Å². The number of anilines is 1. The Bertz CT molecular complexity index is 1400. The minimum absolute atomic E-state index is 0.0235. The lowest BCUT2D eigenvalue weighted by Gasteiger charge is -2.18. The lowest BCUT2D eigenvalue weighted by atomic mass is 10.3. The topological polar surface area (TPSA) is 128 Å². The average Bonchev–Trinajstić information content (AvgIpc) is 3.08. The standard InChI is InChI=1S/C19H23ClN6O5S/c1-5-25(6-2)32(30,31)13-9-7-12(8-10-13)21-14(27)11-26-15-16(22-18(26)20)23(3)19(29)24(4)17(15)28/h7-10H,5-6,11H2,1-4H3,(H,21,27). The molecule has 172 valence electrons. The first-order valence-corrected chi connectivity index (χ1v) is 11.6. The van der Waals surface area contributed by atoms with Gasteiger partial charge in [0.2, 0.25) is 21.2 Å². The van der Waals surface area contributed by atoms with E-state index in [1.54, 1.807) is 13.8 Å². The first-order chi connectivity index (χ1) is 15.0. The van der Waals surface area contributed by atoms with Crippen molar-refractivity contribution in [1.29, 1.82) is 0 Å². The van der Waals surface area contributed by atoms with Crippen molar-refractivity contribution in [3.05, 3.63) is 50.4 Å². The number of carbonyl (C=O) groups excluding carboxylic acids is 1. The molecule has 0 saturated heterocycles. The van der Waals surface area contributed by atoms with Crippen LogP contribution < -0.4 is 16.6 Å². The van der Waals surface area contributed by atoms with Crippen LogP contribution in [0.2, 0.25) is 5.28 Å². The van der Waals surface area contributed by atoms with Gasteiger partial charge in [0.25, 0.3) is 5.56 Å². The van der Waals surface area contributed by atoms with E-state index in [0.29, 0.717) is 18.8 Å². The molecule has 2 heterocycles. The van der Waals surface area contributed by atoms with Crippen molar-refractivity contribution in [2.45, 2.75) is 25.3 Å². The number of aromatic nitrogens is 4. The summed E-state index contributed by atoms with van der Waals surface area (Å²) in [7, 11) is -0.835. The molecule has 0 aliphatic heterocycles. The Labute approximate surface area is 188 Å². The third kappa shape index (κ3) is 4.08. The Balaban J connectivity index is 1.86. The van der Waals surface area contributed by atoms with E-state index < -0.39 is 27.2 Å². The first kappa shape index (κ1) is 23.7. The fourth-order valence-electron chi connectivity index (χ4n) is 3.33. The minimum atomic E-state index is -3.61. The third-order valence-electron chi connectivity index (χ3n) is 5.08. The summed E-state index contributed by atoms with van der Waals surface area (Å²) >= 11 is 6.13. The summed E-state index contributed by atoms with van der Waals surface area (Å²) in [6.45, 7) is 3.88. The highest BCUT2D eigenvalue weighted by atomic mass is 35.5. The summed E-state index contributed by atoms with van der Waals surface area (Å²) in [5.74, 6) is -0.513. The van der Waals surface area contributed by atoms with Gasteiger partial charge < -0.3 is 5.32 Å². The second-order valence-electron chi connectivity index (χ2n) is 7.01. The fourth-order valence-corrected chi connectivity index (χ4v) is 5.01. The number of rotatable bonds is 7. The van der Waals surface area contributed by atoms with Crippen LogP contribution in [-0.2, 0) is 35.5 Å². The second-order valence-corrected chi connectivity index (χ2v) is 9.28. The Morgan fingerprint density at radius 2 is 1.69 bits per heavy atom. The number of amides is 1. The zero-order valence-corrected chi connectivity index (χ0v) is 19.6. The highest BCUT2D eigenvalue weighted by Gasteiger charge is 2.22. The van der Waals surface area contributed by atoms with E-state index in [-0.39, 0.29) is 27.9 Å². The number of fused-ring (bicyclic) bond motifs is 1. The van der Waals surface area contributed by atoms with Crippen LogP contribution >= 0.6 is 11.6 Å². The fraction of sp³-hybridized carbons (Fsp3) is 0.368. The Morgan fingerprint density at radius 3 is 2.25 bits per heavy atom. The van der Waals surface area contributed by atoms with Crippen molar-refractivity contribution in [1.82, 2.24) is 23.0 Å². The maximum absolute atomic E-state index is 12.6. The largest absolute Gasteiger partial charge is 0.332 e. The van der Waals surface area contributed by atoms with E-state index in [0.717, 1.165) is 4.57 Å². The van der Waals surface area contributed by atoms with E-state index in [9.17, 15) is 22.8 Å². The van der Waals surface area contributed by atoms with Gasteiger partial charge in [-0.2, -0.15) is 9.29 Å². The zero-order valence-electron chi connectivity index (χ0n) is 18.0. The second kappa shape index (κ2) is 8.88. The molecule has 1 amide bonds. The predicted octanol–water partition coefficient (Wildman–Crippen LogP) is 0.756. The quantitative estimate of drug-likeness (QED) is 0.495. The summed E-state index contributed by atoms with van der Waals surface area (Å²) < 4.78 is 29.8. The molecule has 0 unspecified atom stereocenters. The Kier molecular flexibility index (Phi) is 6.58. The molecule has 3 aromatic rings. The van der Waals surface area contributed by atoms with E-state index in [4.69, 9.17) is 11.6 Å². The molecule has 32 heavy (non-hydrogen) atoms. The van der Waals surface area contributed by atoms with Crippen molar-refractivity contribution in [2.75, 3.05) is 18.4 Å². The number of sulfonamides is 1. The number of aryl methyl sites for hydroxylation is 1. The SMILES string of the molecule is CCN(CC)S(=O)(=O)c1ccc(NC(=O)Cn2c(Cl)nc3c2c(=O)n(C)c(=O)n3C)cc1. The maximum Gasteiger partial charge on any atom is 0.332 e. The van der Waals surface area contributed by atoms with E-state index >= 15 is 0 Å². The normalized spacial score (nSPS) is 11.9. The molecule has 1 N–H and O–H groups in total. The van der Waals surface area contributed by atoms with Crippen LogP contribution in [-0.4, -0.2) is 50.4 Å².